The second-order valence-electron chi connectivity index (χ2n) is 8.13. The number of anilines is 1. The number of methoxy groups -OCH3 is 1. The molecule has 3 saturated heterocycles. The van der Waals surface area contributed by atoms with Crippen LogP contribution in [0.3, 0.4) is 0 Å². The molecule has 2 unspecified atom stereocenters. The summed E-state index contributed by atoms with van der Waals surface area (Å²) in [6.07, 6.45) is 1.30. The molecule has 0 spiro atoms. The van der Waals surface area contributed by atoms with Crippen molar-refractivity contribution >= 4 is 29.3 Å². The van der Waals surface area contributed by atoms with Gasteiger partial charge in [0.25, 0.3) is 0 Å². The van der Waals surface area contributed by atoms with Gasteiger partial charge in [-0.1, -0.05) is 0 Å². The molecule has 0 bridgehead atoms. The minimum absolute atomic E-state index is 0.0208. The number of carbonyl (C=O) groups is 2. The number of hydrogen-bond donors (Lipinski definition) is 0. The lowest BCUT2D eigenvalue weighted by molar-refractivity contribution is -0.138. The molecule has 0 aromatic heterocycles. The van der Waals surface area contributed by atoms with E-state index in [1.54, 1.807) is 12.0 Å². The third-order valence-corrected chi connectivity index (χ3v) is 7.35. The summed E-state index contributed by atoms with van der Waals surface area (Å²) in [6, 6.07) is 7.67. The molecule has 1 aromatic carbocycles. The molecule has 0 aliphatic carbocycles. The van der Waals surface area contributed by atoms with Crippen LogP contribution in [0.4, 0.5) is 5.69 Å². The Morgan fingerprint density at radius 1 is 1.20 bits per heavy atom. The molecule has 8 heteroatoms. The Balaban J connectivity index is 1.43. The van der Waals surface area contributed by atoms with Crippen molar-refractivity contribution in [3.05, 3.63) is 24.3 Å². The van der Waals surface area contributed by atoms with E-state index in [0.717, 1.165) is 68.8 Å². The Morgan fingerprint density at radius 2 is 1.97 bits per heavy atom. The Bertz CT molecular complexity index is 738. The van der Waals surface area contributed by atoms with Gasteiger partial charge in [0.2, 0.25) is 11.8 Å². The van der Waals surface area contributed by atoms with Crippen LogP contribution in [-0.4, -0.2) is 92.2 Å². The number of carbonyl (C=O) groups excluding carboxylic acids is 2. The van der Waals surface area contributed by atoms with Crippen LogP contribution < -0.4 is 9.64 Å². The zero-order valence-corrected chi connectivity index (χ0v) is 18.4. The largest absolute Gasteiger partial charge is 0.497 e. The number of morpholine rings is 1. The molecule has 3 aliphatic heterocycles. The third-order valence-electron chi connectivity index (χ3n) is 6.15. The molecule has 7 nitrogen and oxygen atoms in total. The zero-order valence-electron chi connectivity index (χ0n) is 17.6. The fourth-order valence-corrected chi connectivity index (χ4v) is 5.53. The number of rotatable bonds is 5. The molecular formula is C22H31N3O4S. The summed E-state index contributed by atoms with van der Waals surface area (Å²) in [4.78, 5) is 32.4. The van der Waals surface area contributed by atoms with Gasteiger partial charge in [0, 0.05) is 50.6 Å². The van der Waals surface area contributed by atoms with Crippen LogP contribution >= 0.6 is 11.8 Å². The fraction of sp³-hybridized carbons (Fsp3) is 0.636. The number of benzene rings is 1. The summed E-state index contributed by atoms with van der Waals surface area (Å²) in [5, 5.41) is 0. The van der Waals surface area contributed by atoms with E-state index < -0.39 is 0 Å². The second kappa shape index (κ2) is 10.0. The predicted octanol–water partition coefficient (Wildman–Crippen LogP) is 1.71. The van der Waals surface area contributed by atoms with Crippen LogP contribution in [-0.2, 0) is 14.3 Å². The van der Waals surface area contributed by atoms with Crippen molar-refractivity contribution < 1.29 is 19.1 Å². The molecule has 2 atom stereocenters. The highest BCUT2D eigenvalue weighted by Gasteiger charge is 2.39. The quantitative estimate of drug-likeness (QED) is 0.705. The SMILES string of the molecule is COc1ccc(N2CC(C(=O)N3CCCSCC3CN3CCOCC3)CC2=O)cc1. The van der Waals surface area contributed by atoms with Crippen LogP contribution in [0.15, 0.2) is 24.3 Å². The zero-order chi connectivity index (χ0) is 20.9. The molecule has 1 aromatic rings. The first-order valence-corrected chi connectivity index (χ1v) is 11.9. The van der Waals surface area contributed by atoms with Crippen molar-refractivity contribution in [1.82, 2.24) is 9.80 Å². The first-order chi connectivity index (χ1) is 14.7. The number of hydrogen-bond acceptors (Lipinski definition) is 6. The van der Waals surface area contributed by atoms with Crippen LogP contribution in [0.25, 0.3) is 0 Å². The average Bonchev–Trinajstić information content (AvgIpc) is 3.02. The Kier molecular flexibility index (Phi) is 7.17. The molecule has 2 amide bonds. The first-order valence-electron chi connectivity index (χ1n) is 10.8. The van der Waals surface area contributed by atoms with Gasteiger partial charge in [0.1, 0.15) is 5.75 Å². The summed E-state index contributed by atoms with van der Waals surface area (Å²) >= 11 is 1.94. The summed E-state index contributed by atoms with van der Waals surface area (Å²) in [5.74, 6) is 2.70. The Hall–Kier alpha value is -1.77. The van der Waals surface area contributed by atoms with Gasteiger partial charge in [0.05, 0.1) is 32.3 Å². The van der Waals surface area contributed by atoms with Crippen LogP contribution in [0.2, 0.25) is 0 Å². The number of ether oxygens (including phenoxy) is 2. The van der Waals surface area contributed by atoms with E-state index in [4.69, 9.17) is 9.47 Å². The highest BCUT2D eigenvalue weighted by atomic mass is 32.2. The minimum atomic E-state index is -0.269. The maximum atomic E-state index is 13.5. The van der Waals surface area contributed by atoms with E-state index in [2.05, 4.69) is 9.80 Å². The lowest BCUT2D eigenvalue weighted by Gasteiger charge is -2.36. The maximum Gasteiger partial charge on any atom is 0.228 e. The monoisotopic (exact) mass is 433 g/mol. The van der Waals surface area contributed by atoms with E-state index in [-0.39, 0.29) is 23.8 Å². The predicted molar refractivity (Wildman–Crippen MR) is 118 cm³/mol. The van der Waals surface area contributed by atoms with Gasteiger partial charge >= 0.3 is 0 Å². The molecular weight excluding hydrogens is 402 g/mol. The van der Waals surface area contributed by atoms with E-state index >= 15 is 0 Å². The molecule has 0 radical (unpaired) electrons. The lowest BCUT2D eigenvalue weighted by Crippen LogP contribution is -2.52. The maximum absolute atomic E-state index is 13.5. The molecule has 0 saturated carbocycles. The Morgan fingerprint density at radius 3 is 2.70 bits per heavy atom. The molecule has 164 valence electrons. The molecule has 3 aliphatic rings. The van der Waals surface area contributed by atoms with Crippen LogP contribution in [0.5, 0.6) is 5.75 Å². The molecule has 0 N–H and O–H groups in total. The topological polar surface area (TPSA) is 62.3 Å². The van der Waals surface area contributed by atoms with Gasteiger partial charge in [0.15, 0.2) is 0 Å². The minimum Gasteiger partial charge on any atom is -0.497 e. The highest BCUT2D eigenvalue weighted by Crippen LogP contribution is 2.29. The summed E-state index contributed by atoms with van der Waals surface area (Å²) in [5.41, 5.74) is 0.826. The summed E-state index contributed by atoms with van der Waals surface area (Å²) < 4.78 is 10.7. The van der Waals surface area contributed by atoms with Crippen molar-refractivity contribution in [2.24, 2.45) is 5.92 Å². The lowest BCUT2D eigenvalue weighted by atomic mass is 10.1. The third kappa shape index (κ3) is 4.92. The summed E-state index contributed by atoms with van der Waals surface area (Å²) in [7, 11) is 1.62. The van der Waals surface area contributed by atoms with E-state index in [9.17, 15) is 9.59 Å². The Labute approximate surface area is 182 Å². The van der Waals surface area contributed by atoms with E-state index in [0.29, 0.717) is 13.0 Å². The molecule has 3 heterocycles. The van der Waals surface area contributed by atoms with Crippen molar-refractivity contribution in [2.75, 3.05) is 69.5 Å². The highest BCUT2D eigenvalue weighted by molar-refractivity contribution is 7.99. The first kappa shape index (κ1) is 21.5. The van der Waals surface area contributed by atoms with Crippen molar-refractivity contribution in [2.45, 2.75) is 18.9 Å². The fourth-order valence-electron chi connectivity index (χ4n) is 4.47. The number of nitrogens with zero attached hydrogens (tertiary/aromatic N) is 3. The van der Waals surface area contributed by atoms with Crippen molar-refractivity contribution in [3.63, 3.8) is 0 Å². The molecule has 3 fully saturated rings. The van der Waals surface area contributed by atoms with E-state index in [1.807, 2.05) is 36.0 Å². The standard InChI is InChI=1S/C22H31N3O4S/c1-28-20-5-3-18(4-6-20)25-14-17(13-21(25)26)22(27)24-7-2-12-30-16-19(24)15-23-8-10-29-11-9-23/h3-6,17,19H,2,7-16H2,1H3. The number of thioether (sulfide) groups is 1. The second-order valence-corrected chi connectivity index (χ2v) is 9.28. The van der Waals surface area contributed by atoms with Gasteiger partial charge in [-0.15, -0.1) is 0 Å². The van der Waals surface area contributed by atoms with Gasteiger partial charge in [-0.05, 0) is 36.4 Å². The van der Waals surface area contributed by atoms with Crippen molar-refractivity contribution in [3.8, 4) is 5.75 Å². The van der Waals surface area contributed by atoms with Gasteiger partial charge < -0.3 is 19.3 Å². The van der Waals surface area contributed by atoms with E-state index in [1.165, 1.54) is 0 Å². The number of amides is 2. The normalized spacial score (nSPS) is 26.0. The smallest absolute Gasteiger partial charge is 0.228 e. The average molecular weight is 434 g/mol. The molecule has 4 rings (SSSR count). The summed E-state index contributed by atoms with van der Waals surface area (Å²) in [6.45, 7) is 5.52. The van der Waals surface area contributed by atoms with Crippen molar-refractivity contribution in [1.29, 1.82) is 0 Å². The van der Waals surface area contributed by atoms with Crippen LogP contribution in [0.1, 0.15) is 12.8 Å². The van der Waals surface area contributed by atoms with Crippen LogP contribution in [0, 0.1) is 5.92 Å². The van der Waals surface area contributed by atoms with Gasteiger partial charge in [-0.25, -0.2) is 0 Å². The van der Waals surface area contributed by atoms with Gasteiger partial charge in [-0.2, -0.15) is 11.8 Å². The molecule has 30 heavy (non-hydrogen) atoms. The van der Waals surface area contributed by atoms with Gasteiger partial charge in [-0.3, -0.25) is 14.5 Å².